The van der Waals surface area contributed by atoms with Gasteiger partial charge < -0.3 is 0 Å². The molecule has 0 aliphatic rings. The summed E-state index contributed by atoms with van der Waals surface area (Å²) in [6.45, 7) is 4.37. The van der Waals surface area contributed by atoms with Crippen LogP contribution in [-0.2, 0) is 0 Å². The van der Waals surface area contributed by atoms with E-state index in [0.717, 1.165) is 9.52 Å². The van der Waals surface area contributed by atoms with Crippen molar-refractivity contribution >= 4 is 14.7 Å². The minimum Gasteiger partial charge on any atom is -0.0688 e. The van der Waals surface area contributed by atoms with Gasteiger partial charge in [-0.25, -0.2) is 0 Å². The SMILES string of the molecule is C[Si]c1ccccc1C. The molecule has 0 heterocycles. The molecule has 0 unspecified atom stereocenters. The van der Waals surface area contributed by atoms with E-state index in [1.165, 1.54) is 10.8 Å². The van der Waals surface area contributed by atoms with Gasteiger partial charge in [-0.2, -0.15) is 0 Å². The van der Waals surface area contributed by atoms with Crippen molar-refractivity contribution in [1.29, 1.82) is 0 Å². The second-order valence-electron chi connectivity index (χ2n) is 2.06. The largest absolute Gasteiger partial charge is 0.0777 e. The van der Waals surface area contributed by atoms with E-state index in [0.29, 0.717) is 0 Å². The number of aryl methyl sites for hydroxylation is 1. The number of hydrogen-bond donors (Lipinski definition) is 0. The van der Waals surface area contributed by atoms with Gasteiger partial charge in [0.15, 0.2) is 0 Å². The maximum atomic E-state index is 2.21. The van der Waals surface area contributed by atoms with E-state index < -0.39 is 0 Å². The molecule has 0 saturated heterocycles. The first-order valence-electron chi connectivity index (χ1n) is 3.08. The summed E-state index contributed by atoms with van der Waals surface area (Å²) in [5.74, 6) is 0. The molecule has 1 aromatic rings. The average Bonchev–Trinajstić information content (AvgIpc) is 1.89. The summed E-state index contributed by atoms with van der Waals surface area (Å²) in [4.78, 5) is 0. The van der Waals surface area contributed by atoms with E-state index in [4.69, 9.17) is 0 Å². The van der Waals surface area contributed by atoms with Crippen LogP contribution >= 0.6 is 0 Å². The zero-order valence-electron chi connectivity index (χ0n) is 5.81. The highest BCUT2D eigenvalue weighted by Gasteiger charge is 1.90. The predicted molar refractivity (Wildman–Crippen MR) is 42.4 cm³/mol. The molecule has 1 heteroatoms. The molecule has 9 heavy (non-hydrogen) atoms. The van der Waals surface area contributed by atoms with Crippen LogP contribution in [-0.4, -0.2) is 9.52 Å². The third kappa shape index (κ3) is 1.42. The molecule has 0 aliphatic heterocycles. The summed E-state index contributed by atoms with van der Waals surface area (Å²) < 4.78 is 0. The Morgan fingerprint density at radius 2 is 1.89 bits per heavy atom. The van der Waals surface area contributed by atoms with E-state index in [2.05, 4.69) is 37.7 Å². The molecule has 1 aromatic carbocycles. The average molecular weight is 134 g/mol. The Bertz CT molecular complexity index is 194. The Balaban J connectivity index is 3.01. The van der Waals surface area contributed by atoms with Crippen molar-refractivity contribution in [2.24, 2.45) is 0 Å². The predicted octanol–water partition coefficient (Wildman–Crippen LogP) is 1.37. The molecule has 0 atom stereocenters. The van der Waals surface area contributed by atoms with Gasteiger partial charge >= 0.3 is 0 Å². The van der Waals surface area contributed by atoms with Gasteiger partial charge in [-0.1, -0.05) is 41.6 Å². The Morgan fingerprint density at radius 3 is 2.33 bits per heavy atom. The molecule has 2 radical (unpaired) electrons. The van der Waals surface area contributed by atoms with Gasteiger partial charge in [0.25, 0.3) is 0 Å². The first-order chi connectivity index (χ1) is 4.34. The molecular formula is C8H10Si. The van der Waals surface area contributed by atoms with Crippen LogP contribution in [0.4, 0.5) is 0 Å². The van der Waals surface area contributed by atoms with Gasteiger partial charge in [0.2, 0.25) is 0 Å². The third-order valence-corrected chi connectivity index (χ3v) is 2.51. The summed E-state index contributed by atoms with van der Waals surface area (Å²) >= 11 is 0. The lowest BCUT2D eigenvalue weighted by Gasteiger charge is -1.97. The highest BCUT2D eigenvalue weighted by Crippen LogP contribution is 1.90. The van der Waals surface area contributed by atoms with Crippen molar-refractivity contribution in [1.82, 2.24) is 0 Å². The maximum Gasteiger partial charge on any atom is 0.0777 e. The first kappa shape index (κ1) is 6.56. The molecule has 0 fully saturated rings. The van der Waals surface area contributed by atoms with Crippen LogP contribution in [0.25, 0.3) is 0 Å². The smallest absolute Gasteiger partial charge is 0.0688 e. The molecule has 0 saturated carbocycles. The minimum absolute atomic E-state index is 0.929. The summed E-state index contributed by atoms with van der Waals surface area (Å²) in [6, 6.07) is 8.53. The van der Waals surface area contributed by atoms with Crippen LogP contribution in [0.1, 0.15) is 5.56 Å². The third-order valence-electron chi connectivity index (χ3n) is 1.41. The highest BCUT2D eigenvalue weighted by atomic mass is 28.2. The normalized spacial score (nSPS) is 9.56. The van der Waals surface area contributed by atoms with Crippen molar-refractivity contribution in [2.75, 3.05) is 0 Å². The molecule has 0 aromatic heterocycles. The van der Waals surface area contributed by atoms with E-state index in [1.54, 1.807) is 0 Å². The molecule has 1 rings (SSSR count). The van der Waals surface area contributed by atoms with Gasteiger partial charge in [0.1, 0.15) is 0 Å². The van der Waals surface area contributed by atoms with Crippen LogP contribution in [0.5, 0.6) is 0 Å². The van der Waals surface area contributed by atoms with Crippen molar-refractivity contribution < 1.29 is 0 Å². The maximum absolute atomic E-state index is 2.21. The van der Waals surface area contributed by atoms with Crippen LogP contribution in [0, 0.1) is 6.92 Å². The zero-order chi connectivity index (χ0) is 6.69. The minimum atomic E-state index is 0.929. The first-order valence-corrected chi connectivity index (χ1v) is 4.58. The number of benzene rings is 1. The van der Waals surface area contributed by atoms with Crippen LogP contribution < -0.4 is 5.19 Å². The fourth-order valence-corrected chi connectivity index (χ4v) is 1.59. The molecule has 0 nitrogen and oxygen atoms in total. The Labute approximate surface area is 58.7 Å². The highest BCUT2D eigenvalue weighted by molar-refractivity contribution is 6.52. The fraction of sp³-hybridized carbons (Fsp3) is 0.250. The van der Waals surface area contributed by atoms with Gasteiger partial charge in [0, 0.05) is 0 Å². The van der Waals surface area contributed by atoms with Gasteiger partial charge in [0.05, 0.1) is 9.52 Å². The van der Waals surface area contributed by atoms with Gasteiger partial charge in [-0.3, -0.25) is 0 Å². The summed E-state index contributed by atoms with van der Waals surface area (Å²) in [5.41, 5.74) is 1.42. The standard InChI is InChI=1S/C8H10Si/c1-7-5-3-4-6-8(7)9-2/h3-6H,1-2H3. The Hall–Kier alpha value is -0.563. The monoisotopic (exact) mass is 134 g/mol. The van der Waals surface area contributed by atoms with Crippen molar-refractivity contribution in [3.63, 3.8) is 0 Å². The van der Waals surface area contributed by atoms with Crippen LogP contribution in [0.3, 0.4) is 0 Å². The quantitative estimate of drug-likeness (QED) is 0.509. The zero-order valence-corrected chi connectivity index (χ0v) is 6.81. The van der Waals surface area contributed by atoms with E-state index >= 15 is 0 Å². The Morgan fingerprint density at radius 1 is 1.22 bits per heavy atom. The summed E-state index contributed by atoms with van der Waals surface area (Å²) in [6.07, 6.45) is 0. The molecule has 46 valence electrons. The second-order valence-corrected chi connectivity index (χ2v) is 3.10. The number of rotatable bonds is 1. The lowest BCUT2D eigenvalue weighted by atomic mass is 10.2. The van der Waals surface area contributed by atoms with Crippen molar-refractivity contribution in [2.45, 2.75) is 13.5 Å². The molecule has 0 aliphatic carbocycles. The van der Waals surface area contributed by atoms with Gasteiger partial charge in [-0.15, -0.1) is 0 Å². The topological polar surface area (TPSA) is 0 Å². The lowest BCUT2D eigenvalue weighted by molar-refractivity contribution is 1.51. The molecule has 0 bridgehead atoms. The molecule has 0 spiro atoms. The fourth-order valence-electron chi connectivity index (χ4n) is 0.853. The van der Waals surface area contributed by atoms with Crippen LogP contribution in [0.15, 0.2) is 24.3 Å². The van der Waals surface area contributed by atoms with E-state index in [-0.39, 0.29) is 0 Å². The lowest BCUT2D eigenvalue weighted by Crippen LogP contribution is -2.12. The number of hydrogen-bond acceptors (Lipinski definition) is 0. The van der Waals surface area contributed by atoms with Gasteiger partial charge in [-0.05, 0) is 6.92 Å². The summed E-state index contributed by atoms with van der Waals surface area (Å²) in [7, 11) is 0.929. The van der Waals surface area contributed by atoms with Crippen molar-refractivity contribution in [3.8, 4) is 0 Å². The summed E-state index contributed by atoms with van der Waals surface area (Å²) in [5, 5.41) is 1.48. The van der Waals surface area contributed by atoms with Crippen LogP contribution in [0.2, 0.25) is 6.55 Å². The Kier molecular flexibility index (Phi) is 2.06. The van der Waals surface area contributed by atoms with E-state index in [9.17, 15) is 0 Å². The second kappa shape index (κ2) is 2.83. The van der Waals surface area contributed by atoms with Crippen molar-refractivity contribution in [3.05, 3.63) is 29.8 Å². The molecular weight excluding hydrogens is 124 g/mol. The molecule has 0 N–H and O–H groups in total. The molecule has 0 amide bonds. The van der Waals surface area contributed by atoms with E-state index in [1.807, 2.05) is 0 Å².